The van der Waals surface area contributed by atoms with Crippen molar-refractivity contribution in [3.63, 3.8) is 0 Å². The minimum absolute atomic E-state index is 0.0901. The molecule has 1 aromatic carbocycles. The Morgan fingerprint density at radius 3 is 2.08 bits per heavy atom. The molecule has 0 spiro atoms. The van der Waals surface area contributed by atoms with Gasteiger partial charge in [-0.05, 0) is 52.0 Å². The first-order valence-electron chi connectivity index (χ1n) is 7.99. The van der Waals surface area contributed by atoms with E-state index in [1.54, 1.807) is 0 Å². The third kappa shape index (κ3) is 7.64. The van der Waals surface area contributed by atoms with E-state index in [0.29, 0.717) is 18.6 Å². The van der Waals surface area contributed by atoms with Crippen LogP contribution in [0.15, 0.2) is 29.2 Å². The Morgan fingerprint density at radius 2 is 1.62 bits per heavy atom. The Labute approximate surface area is 152 Å². The summed E-state index contributed by atoms with van der Waals surface area (Å²) >= 11 is 0. The van der Waals surface area contributed by atoms with Crippen LogP contribution in [-0.2, 0) is 10.0 Å². The number of alkyl halides is 3. The van der Waals surface area contributed by atoms with Crippen LogP contribution in [0.2, 0.25) is 0 Å². The molecular weight excluding hydrogens is 369 g/mol. The number of rotatable bonds is 7. The van der Waals surface area contributed by atoms with Gasteiger partial charge in [0.05, 0.1) is 18.0 Å². The van der Waals surface area contributed by atoms with Gasteiger partial charge in [-0.1, -0.05) is 11.8 Å². The second-order valence-electron chi connectivity index (χ2n) is 6.06. The summed E-state index contributed by atoms with van der Waals surface area (Å²) in [6.07, 6.45) is -4.83. The van der Waals surface area contributed by atoms with Crippen LogP contribution < -0.4 is 9.46 Å². The van der Waals surface area contributed by atoms with Gasteiger partial charge in [-0.25, -0.2) is 8.42 Å². The predicted molar refractivity (Wildman–Crippen MR) is 93.1 cm³/mol. The summed E-state index contributed by atoms with van der Waals surface area (Å²) in [7, 11) is -3.86. The molecule has 0 aliphatic heterocycles. The molecule has 0 radical (unpaired) electrons. The molecule has 5 nitrogen and oxygen atoms in total. The number of nitrogens with zero attached hydrogens (tertiary/aromatic N) is 1. The predicted octanol–water partition coefficient (Wildman–Crippen LogP) is 2.99. The molecule has 0 amide bonds. The van der Waals surface area contributed by atoms with Crippen molar-refractivity contribution < 1.29 is 26.3 Å². The van der Waals surface area contributed by atoms with E-state index in [2.05, 4.69) is 53.9 Å². The molecular formula is C17H23F3N2O3S. The van der Waals surface area contributed by atoms with Crippen LogP contribution in [0.5, 0.6) is 5.75 Å². The average molecular weight is 392 g/mol. The molecule has 146 valence electrons. The summed E-state index contributed by atoms with van der Waals surface area (Å²) in [4.78, 5) is 1.99. The molecule has 0 bridgehead atoms. The van der Waals surface area contributed by atoms with Gasteiger partial charge in [0.1, 0.15) is 5.75 Å². The van der Waals surface area contributed by atoms with Gasteiger partial charge in [-0.15, -0.1) is 13.2 Å². The minimum Gasteiger partial charge on any atom is -0.406 e. The van der Waals surface area contributed by atoms with Crippen LogP contribution in [0.1, 0.15) is 27.7 Å². The van der Waals surface area contributed by atoms with Crippen molar-refractivity contribution >= 4 is 10.0 Å². The zero-order valence-electron chi connectivity index (χ0n) is 15.1. The van der Waals surface area contributed by atoms with Gasteiger partial charge in [-0.3, -0.25) is 4.90 Å². The summed E-state index contributed by atoms with van der Waals surface area (Å²) in [5.74, 6) is 5.16. The first kappa shape index (κ1) is 22.3. The fourth-order valence-electron chi connectivity index (χ4n) is 2.21. The second-order valence-corrected chi connectivity index (χ2v) is 7.82. The number of halogens is 3. The molecule has 26 heavy (non-hydrogen) atoms. The highest BCUT2D eigenvalue weighted by Crippen LogP contribution is 2.23. The van der Waals surface area contributed by atoms with Crippen molar-refractivity contribution in [2.24, 2.45) is 0 Å². The maximum Gasteiger partial charge on any atom is 0.573 e. The molecule has 0 heterocycles. The topological polar surface area (TPSA) is 58.6 Å². The summed E-state index contributed by atoms with van der Waals surface area (Å²) in [6, 6.07) is 4.59. The van der Waals surface area contributed by atoms with E-state index in [1.807, 2.05) is 0 Å². The Kier molecular flexibility index (Phi) is 7.93. The summed E-state index contributed by atoms with van der Waals surface area (Å²) in [5, 5.41) is 0. The molecule has 1 N–H and O–H groups in total. The third-order valence-electron chi connectivity index (χ3n) is 3.43. The van der Waals surface area contributed by atoms with E-state index >= 15 is 0 Å². The largest absolute Gasteiger partial charge is 0.573 e. The third-order valence-corrected chi connectivity index (χ3v) is 4.85. The van der Waals surface area contributed by atoms with Gasteiger partial charge in [0.2, 0.25) is 10.0 Å². The number of hydrogen-bond donors (Lipinski definition) is 1. The van der Waals surface area contributed by atoms with Crippen molar-refractivity contribution in [2.75, 3.05) is 13.1 Å². The molecule has 1 rings (SSSR count). The van der Waals surface area contributed by atoms with Crippen LogP contribution in [0.4, 0.5) is 13.2 Å². The van der Waals surface area contributed by atoms with Crippen molar-refractivity contribution in [3.05, 3.63) is 24.3 Å². The maximum absolute atomic E-state index is 12.1. The number of nitrogens with one attached hydrogen (secondary N) is 1. The molecule has 0 fully saturated rings. The molecule has 0 saturated heterocycles. The molecule has 0 aliphatic carbocycles. The van der Waals surface area contributed by atoms with E-state index < -0.39 is 22.1 Å². The lowest BCUT2D eigenvalue weighted by Crippen LogP contribution is -2.37. The van der Waals surface area contributed by atoms with Gasteiger partial charge >= 0.3 is 6.36 Å². The number of hydrogen-bond acceptors (Lipinski definition) is 4. The highest BCUT2D eigenvalue weighted by atomic mass is 32.2. The number of ether oxygens (including phenoxy) is 1. The monoisotopic (exact) mass is 392 g/mol. The van der Waals surface area contributed by atoms with Gasteiger partial charge in [0.25, 0.3) is 0 Å². The molecule has 0 aromatic heterocycles. The standard InChI is InChI=1S/C17H23F3N2O3S/c1-13(2)22(14(3)4)12-6-5-11-21-26(23,24)16-9-7-15(8-10-16)25-17(18,19)20/h7-10,13-14,21H,11-12H2,1-4H3. The molecule has 9 heteroatoms. The van der Waals surface area contributed by atoms with E-state index in [9.17, 15) is 21.6 Å². The van der Waals surface area contributed by atoms with Crippen LogP contribution in [-0.4, -0.2) is 44.9 Å². The summed E-state index contributed by atoms with van der Waals surface area (Å²) < 4.78 is 66.5. The van der Waals surface area contributed by atoms with Gasteiger partial charge in [-0.2, -0.15) is 4.72 Å². The van der Waals surface area contributed by atoms with Gasteiger partial charge < -0.3 is 4.74 Å². The number of benzene rings is 1. The Bertz CT molecular complexity index is 725. The molecule has 0 aliphatic rings. The smallest absolute Gasteiger partial charge is 0.406 e. The molecule has 0 unspecified atom stereocenters. The zero-order chi connectivity index (χ0) is 20.0. The van der Waals surface area contributed by atoms with Crippen molar-refractivity contribution in [1.29, 1.82) is 0 Å². The zero-order valence-corrected chi connectivity index (χ0v) is 15.9. The van der Waals surface area contributed by atoms with E-state index in [-0.39, 0.29) is 11.4 Å². The van der Waals surface area contributed by atoms with Crippen molar-refractivity contribution in [2.45, 2.75) is 51.0 Å². The van der Waals surface area contributed by atoms with E-state index in [4.69, 9.17) is 0 Å². The summed E-state index contributed by atoms with van der Waals surface area (Å²) in [5.41, 5.74) is 0. The lowest BCUT2D eigenvalue weighted by atomic mass is 10.2. The minimum atomic E-state index is -4.83. The fourth-order valence-corrected chi connectivity index (χ4v) is 3.13. The maximum atomic E-state index is 12.1. The Hall–Kier alpha value is -1.76. The fraction of sp³-hybridized carbons (Fsp3) is 0.529. The van der Waals surface area contributed by atoms with E-state index in [0.717, 1.165) is 24.3 Å². The first-order valence-corrected chi connectivity index (χ1v) is 9.47. The molecule has 0 atom stereocenters. The lowest BCUT2D eigenvalue weighted by Gasteiger charge is -2.28. The van der Waals surface area contributed by atoms with Crippen LogP contribution in [0.25, 0.3) is 0 Å². The first-order chi connectivity index (χ1) is 11.9. The quantitative estimate of drug-likeness (QED) is 0.725. The van der Waals surface area contributed by atoms with Gasteiger partial charge in [0, 0.05) is 12.1 Å². The van der Waals surface area contributed by atoms with E-state index in [1.165, 1.54) is 0 Å². The van der Waals surface area contributed by atoms with Crippen molar-refractivity contribution in [1.82, 2.24) is 9.62 Å². The van der Waals surface area contributed by atoms with Gasteiger partial charge in [0.15, 0.2) is 0 Å². The highest BCUT2D eigenvalue weighted by Gasteiger charge is 2.31. The average Bonchev–Trinajstić information content (AvgIpc) is 2.48. The van der Waals surface area contributed by atoms with Crippen LogP contribution >= 0.6 is 0 Å². The van der Waals surface area contributed by atoms with Crippen molar-refractivity contribution in [3.8, 4) is 17.6 Å². The number of sulfonamides is 1. The summed E-state index contributed by atoms with van der Waals surface area (Å²) in [6.45, 7) is 8.63. The lowest BCUT2D eigenvalue weighted by molar-refractivity contribution is -0.274. The molecule has 1 aromatic rings. The van der Waals surface area contributed by atoms with Crippen LogP contribution in [0.3, 0.4) is 0 Å². The molecule has 0 saturated carbocycles. The Morgan fingerprint density at radius 1 is 1.08 bits per heavy atom. The normalized spacial score (nSPS) is 12.4. The highest BCUT2D eigenvalue weighted by molar-refractivity contribution is 7.89. The van der Waals surface area contributed by atoms with Crippen LogP contribution in [0, 0.1) is 11.8 Å². The second kappa shape index (κ2) is 9.26. The SMILES string of the molecule is CC(C)N(CC#CCNS(=O)(=O)c1ccc(OC(F)(F)F)cc1)C(C)C. The Balaban J connectivity index is 2.64.